The Hall–Kier alpha value is -2.00. The van der Waals surface area contributed by atoms with E-state index in [1.54, 1.807) is 0 Å². The third kappa shape index (κ3) is 1.42. The smallest absolute Gasteiger partial charge is 0.0779 e. The van der Waals surface area contributed by atoms with Crippen molar-refractivity contribution in [3.05, 3.63) is 48.5 Å². The summed E-state index contributed by atoms with van der Waals surface area (Å²) in [5.41, 5.74) is 10.9. The first-order valence-corrected chi connectivity index (χ1v) is 5.29. The summed E-state index contributed by atoms with van der Waals surface area (Å²) in [7, 11) is 1.99. The lowest BCUT2D eigenvalue weighted by molar-refractivity contribution is 0.820. The van der Waals surface area contributed by atoms with Crippen LogP contribution >= 0.6 is 0 Å². The van der Waals surface area contributed by atoms with Crippen LogP contribution in [0.2, 0.25) is 0 Å². The number of rotatable bonds is 1. The van der Waals surface area contributed by atoms with Gasteiger partial charge in [0.05, 0.1) is 11.4 Å². The molecule has 16 heavy (non-hydrogen) atoms. The van der Waals surface area contributed by atoms with Crippen LogP contribution < -0.4 is 16.0 Å². The standard InChI is InChI=1S/C13H13N3/c1-16-13-8-7-11(9-12(13)14-15-16)10-5-3-2-4-6-10/h2-9,14-15H,1H3. The van der Waals surface area contributed by atoms with Crippen molar-refractivity contribution >= 4 is 11.4 Å². The van der Waals surface area contributed by atoms with E-state index in [0.717, 1.165) is 5.69 Å². The Labute approximate surface area is 94.6 Å². The fourth-order valence-electron chi connectivity index (χ4n) is 1.94. The van der Waals surface area contributed by atoms with Crippen molar-refractivity contribution in [1.29, 1.82) is 0 Å². The molecule has 0 saturated heterocycles. The van der Waals surface area contributed by atoms with Gasteiger partial charge in [0.1, 0.15) is 0 Å². The zero-order valence-electron chi connectivity index (χ0n) is 9.07. The number of nitrogens with zero attached hydrogens (tertiary/aromatic N) is 1. The van der Waals surface area contributed by atoms with Crippen molar-refractivity contribution < 1.29 is 0 Å². The van der Waals surface area contributed by atoms with E-state index in [0.29, 0.717) is 0 Å². The van der Waals surface area contributed by atoms with E-state index in [4.69, 9.17) is 0 Å². The Balaban J connectivity index is 2.06. The maximum atomic E-state index is 3.14. The van der Waals surface area contributed by atoms with Crippen molar-refractivity contribution in [1.82, 2.24) is 5.53 Å². The Morgan fingerprint density at radius 1 is 0.938 bits per heavy atom. The quantitative estimate of drug-likeness (QED) is 0.759. The monoisotopic (exact) mass is 211 g/mol. The maximum Gasteiger partial charge on any atom is 0.0779 e. The largest absolute Gasteiger partial charge is 0.302 e. The minimum Gasteiger partial charge on any atom is -0.302 e. The fraction of sp³-hybridized carbons (Fsp3) is 0.0769. The van der Waals surface area contributed by atoms with Crippen LogP contribution in [-0.2, 0) is 0 Å². The molecule has 1 aliphatic heterocycles. The van der Waals surface area contributed by atoms with Crippen LogP contribution in [0.15, 0.2) is 48.5 Å². The second-order valence-electron chi connectivity index (χ2n) is 3.89. The molecule has 0 bridgehead atoms. The van der Waals surface area contributed by atoms with Crippen LogP contribution in [0, 0.1) is 0 Å². The van der Waals surface area contributed by atoms with E-state index < -0.39 is 0 Å². The number of hydrogen-bond acceptors (Lipinski definition) is 3. The predicted molar refractivity (Wildman–Crippen MR) is 67.0 cm³/mol. The lowest BCUT2D eigenvalue weighted by Gasteiger charge is -2.09. The first-order valence-electron chi connectivity index (χ1n) is 5.29. The molecule has 2 N–H and O–H groups in total. The summed E-state index contributed by atoms with van der Waals surface area (Å²) in [4.78, 5) is 0. The lowest BCUT2D eigenvalue weighted by Crippen LogP contribution is -2.31. The molecule has 2 aromatic rings. The molecular weight excluding hydrogens is 198 g/mol. The molecular formula is C13H13N3. The molecule has 0 saturated carbocycles. The topological polar surface area (TPSA) is 27.3 Å². The van der Waals surface area contributed by atoms with Crippen molar-refractivity contribution in [2.75, 3.05) is 17.5 Å². The summed E-state index contributed by atoms with van der Waals surface area (Å²) in [6, 6.07) is 16.8. The van der Waals surface area contributed by atoms with Gasteiger partial charge < -0.3 is 5.43 Å². The summed E-state index contributed by atoms with van der Waals surface area (Å²) in [5.74, 6) is 0. The van der Waals surface area contributed by atoms with Gasteiger partial charge in [0.15, 0.2) is 0 Å². The van der Waals surface area contributed by atoms with Crippen LogP contribution in [0.5, 0.6) is 0 Å². The molecule has 1 heterocycles. The molecule has 0 aromatic heterocycles. The van der Waals surface area contributed by atoms with Gasteiger partial charge in [-0.25, -0.2) is 0 Å². The highest BCUT2D eigenvalue weighted by Crippen LogP contribution is 2.32. The molecule has 80 valence electrons. The Kier molecular flexibility index (Phi) is 2.04. The highest BCUT2D eigenvalue weighted by molar-refractivity contribution is 5.79. The van der Waals surface area contributed by atoms with Gasteiger partial charge >= 0.3 is 0 Å². The summed E-state index contributed by atoms with van der Waals surface area (Å²) < 4.78 is 0. The van der Waals surface area contributed by atoms with E-state index in [-0.39, 0.29) is 0 Å². The van der Waals surface area contributed by atoms with Crippen LogP contribution in [0.25, 0.3) is 11.1 Å². The summed E-state index contributed by atoms with van der Waals surface area (Å²) in [5, 5.41) is 1.96. The lowest BCUT2D eigenvalue weighted by atomic mass is 10.0. The van der Waals surface area contributed by atoms with Gasteiger partial charge in [0, 0.05) is 7.05 Å². The fourth-order valence-corrected chi connectivity index (χ4v) is 1.94. The molecule has 3 heteroatoms. The molecule has 0 radical (unpaired) electrons. The van der Waals surface area contributed by atoms with Crippen molar-refractivity contribution in [3.8, 4) is 11.1 Å². The highest BCUT2D eigenvalue weighted by atomic mass is 15.7. The van der Waals surface area contributed by atoms with Gasteiger partial charge in [-0.15, -0.1) is 5.53 Å². The first kappa shape index (κ1) is 9.24. The molecule has 2 aromatic carbocycles. The minimum absolute atomic E-state index is 1.11. The summed E-state index contributed by atoms with van der Waals surface area (Å²) >= 11 is 0. The van der Waals surface area contributed by atoms with Gasteiger partial charge in [0.2, 0.25) is 0 Å². The molecule has 0 aliphatic carbocycles. The third-order valence-electron chi connectivity index (χ3n) is 2.82. The molecule has 0 amide bonds. The number of hydrogen-bond donors (Lipinski definition) is 2. The molecule has 0 atom stereocenters. The second kappa shape index (κ2) is 3.54. The van der Waals surface area contributed by atoms with E-state index in [2.05, 4.69) is 53.4 Å². The molecule has 3 nitrogen and oxygen atoms in total. The minimum atomic E-state index is 1.11. The van der Waals surface area contributed by atoms with E-state index in [9.17, 15) is 0 Å². The average molecular weight is 211 g/mol. The first-order chi connectivity index (χ1) is 7.84. The normalized spacial score (nSPS) is 13.4. The van der Waals surface area contributed by atoms with Crippen LogP contribution in [0.3, 0.4) is 0 Å². The van der Waals surface area contributed by atoms with E-state index in [1.165, 1.54) is 16.8 Å². The number of nitrogens with one attached hydrogen (secondary N) is 2. The number of fused-ring (bicyclic) bond motifs is 1. The van der Waals surface area contributed by atoms with Crippen LogP contribution in [-0.4, -0.2) is 7.05 Å². The van der Waals surface area contributed by atoms with Gasteiger partial charge in [-0.3, -0.25) is 5.01 Å². The maximum absolute atomic E-state index is 3.14. The van der Waals surface area contributed by atoms with E-state index in [1.807, 2.05) is 18.1 Å². The second-order valence-corrected chi connectivity index (χ2v) is 3.89. The third-order valence-corrected chi connectivity index (χ3v) is 2.82. The SMILES string of the molecule is CN1NNc2cc(-c3ccccc3)ccc21. The summed E-state index contributed by atoms with van der Waals surface area (Å²) in [6.07, 6.45) is 0. The van der Waals surface area contributed by atoms with Gasteiger partial charge in [0.25, 0.3) is 0 Å². The predicted octanol–water partition coefficient (Wildman–Crippen LogP) is 2.63. The zero-order chi connectivity index (χ0) is 11.0. The van der Waals surface area contributed by atoms with Gasteiger partial charge in [-0.05, 0) is 23.3 Å². The Morgan fingerprint density at radius 2 is 1.75 bits per heavy atom. The molecule has 1 aliphatic rings. The molecule has 0 spiro atoms. The highest BCUT2D eigenvalue weighted by Gasteiger charge is 2.14. The molecule has 3 rings (SSSR count). The number of benzene rings is 2. The van der Waals surface area contributed by atoms with E-state index >= 15 is 0 Å². The summed E-state index contributed by atoms with van der Waals surface area (Å²) in [6.45, 7) is 0. The number of anilines is 2. The van der Waals surface area contributed by atoms with Crippen molar-refractivity contribution in [2.45, 2.75) is 0 Å². The van der Waals surface area contributed by atoms with Crippen molar-refractivity contribution in [2.24, 2.45) is 0 Å². The molecule has 0 unspecified atom stereocenters. The number of hydrazine groups is 2. The molecule has 0 fully saturated rings. The zero-order valence-corrected chi connectivity index (χ0v) is 9.07. The van der Waals surface area contributed by atoms with Crippen LogP contribution in [0.4, 0.5) is 11.4 Å². The van der Waals surface area contributed by atoms with Gasteiger partial charge in [-0.2, -0.15) is 0 Å². The Bertz CT molecular complexity index is 508. The van der Waals surface area contributed by atoms with Crippen molar-refractivity contribution in [3.63, 3.8) is 0 Å². The van der Waals surface area contributed by atoms with Crippen LogP contribution in [0.1, 0.15) is 0 Å². The average Bonchev–Trinajstić information content (AvgIpc) is 2.72. The van der Waals surface area contributed by atoms with Gasteiger partial charge in [-0.1, -0.05) is 36.4 Å². The Morgan fingerprint density at radius 3 is 2.56 bits per heavy atom.